The average molecular weight is 715 g/mol. The highest BCUT2D eigenvalue weighted by Gasteiger charge is 2.22. The van der Waals surface area contributed by atoms with Crippen molar-refractivity contribution < 1.29 is 0 Å². The molecule has 56 heavy (non-hydrogen) atoms. The van der Waals surface area contributed by atoms with E-state index in [1.54, 1.807) is 0 Å². The predicted octanol–water partition coefficient (Wildman–Crippen LogP) is 14.4. The molecule has 8 aromatic carbocycles. The number of benzene rings is 8. The Bertz CT molecular complexity index is 3030. The number of allylic oxidation sites excluding steroid dienone is 1. The molecule has 11 rings (SSSR count). The van der Waals surface area contributed by atoms with Crippen LogP contribution in [0.15, 0.2) is 200 Å². The van der Waals surface area contributed by atoms with Gasteiger partial charge in [0.05, 0.1) is 16.6 Å². The minimum absolute atomic E-state index is 1.00. The Morgan fingerprint density at radius 1 is 0.357 bits per heavy atom. The maximum atomic E-state index is 2.51. The van der Waals surface area contributed by atoms with E-state index in [1.165, 1.54) is 99.8 Å². The van der Waals surface area contributed by atoms with E-state index in [0.717, 1.165) is 12.8 Å². The van der Waals surface area contributed by atoms with Gasteiger partial charge in [-0.15, -0.1) is 0 Å². The first-order valence-electron chi connectivity index (χ1n) is 19.6. The van der Waals surface area contributed by atoms with Crippen LogP contribution < -0.4 is 0 Å². The van der Waals surface area contributed by atoms with Crippen LogP contribution in [0.2, 0.25) is 0 Å². The largest absolute Gasteiger partial charge is 0.313 e. The quantitative estimate of drug-likeness (QED) is 0.162. The summed E-state index contributed by atoms with van der Waals surface area (Å²) in [6.07, 6.45) is 6.74. The molecule has 2 nitrogen and oxygen atoms in total. The highest BCUT2D eigenvalue weighted by molar-refractivity contribution is 6.12. The van der Waals surface area contributed by atoms with Crippen LogP contribution in [0.5, 0.6) is 0 Å². The smallest absolute Gasteiger partial charge is 0.0543 e. The first-order chi connectivity index (χ1) is 27.8. The topological polar surface area (TPSA) is 9.86 Å². The Morgan fingerprint density at radius 3 is 1.61 bits per heavy atom. The van der Waals surface area contributed by atoms with Crippen LogP contribution in [0, 0.1) is 0 Å². The molecule has 0 N–H and O–H groups in total. The van der Waals surface area contributed by atoms with Gasteiger partial charge in [-0.25, -0.2) is 0 Å². The van der Waals surface area contributed by atoms with Crippen LogP contribution in [0.1, 0.15) is 17.7 Å². The lowest BCUT2D eigenvalue weighted by Crippen LogP contribution is -2.02. The van der Waals surface area contributed by atoms with Crippen molar-refractivity contribution in [1.29, 1.82) is 0 Å². The number of fused-ring (bicyclic) bond motifs is 6. The van der Waals surface area contributed by atoms with Crippen LogP contribution >= 0.6 is 0 Å². The fraction of sp³-hybridized carbons (Fsp3) is 0.0370. The van der Waals surface area contributed by atoms with Crippen molar-refractivity contribution in [3.8, 4) is 55.9 Å². The summed E-state index contributed by atoms with van der Waals surface area (Å²) in [4.78, 5) is 0. The lowest BCUT2D eigenvalue weighted by atomic mass is 9.93. The molecule has 0 atom stereocenters. The summed E-state index contributed by atoms with van der Waals surface area (Å²) in [6, 6.07) is 70.9. The van der Waals surface area contributed by atoms with Crippen LogP contribution in [-0.4, -0.2) is 9.13 Å². The second-order valence-corrected chi connectivity index (χ2v) is 14.8. The Labute approximate surface area is 326 Å². The fourth-order valence-corrected chi connectivity index (χ4v) is 8.99. The summed E-state index contributed by atoms with van der Waals surface area (Å²) in [5.41, 5.74) is 18.6. The van der Waals surface area contributed by atoms with E-state index in [0.29, 0.717) is 0 Å². The van der Waals surface area contributed by atoms with Crippen molar-refractivity contribution in [2.75, 3.05) is 0 Å². The summed E-state index contributed by atoms with van der Waals surface area (Å²) >= 11 is 0. The molecular weight excluding hydrogens is 677 g/mol. The molecule has 2 aromatic heterocycles. The highest BCUT2D eigenvalue weighted by atomic mass is 15.0. The van der Waals surface area contributed by atoms with Crippen molar-refractivity contribution in [1.82, 2.24) is 9.13 Å². The summed E-state index contributed by atoms with van der Waals surface area (Å²) in [5.74, 6) is 0. The van der Waals surface area contributed by atoms with Gasteiger partial charge in [-0.05, 0) is 124 Å². The molecule has 1 aliphatic carbocycles. The van der Waals surface area contributed by atoms with E-state index >= 15 is 0 Å². The van der Waals surface area contributed by atoms with Gasteiger partial charge in [0.25, 0.3) is 0 Å². The molecule has 0 radical (unpaired) electrons. The number of para-hydroxylation sites is 2. The van der Waals surface area contributed by atoms with Gasteiger partial charge < -0.3 is 9.13 Å². The molecule has 0 unspecified atom stereocenters. The third-order valence-electron chi connectivity index (χ3n) is 11.6. The fourth-order valence-electron chi connectivity index (χ4n) is 8.99. The van der Waals surface area contributed by atoms with Crippen LogP contribution in [-0.2, 0) is 6.42 Å². The predicted molar refractivity (Wildman–Crippen MR) is 237 cm³/mol. The third-order valence-corrected chi connectivity index (χ3v) is 11.6. The van der Waals surface area contributed by atoms with Gasteiger partial charge in [0, 0.05) is 38.8 Å². The third kappa shape index (κ3) is 5.33. The van der Waals surface area contributed by atoms with Crippen molar-refractivity contribution >= 4 is 38.8 Å². The Hall–Kier alpha value is -7.16. The van der Waals surface area contributed by atoms with Gasteiger partial charge in [0.2, 0.25) is 0 Å². The van der Waals surface area contributed by atoms with E-state index in [-0.39, 0.29) is 0 Å². The molecule has 0 saturated heterocycles. The standard InChI is InChI=1S/C54H38N2/c1-4-15-37(16-5-1)41-33-42(38-17-6-2-7-18-38)35-43(34-41)39-27-30-45(31-28-39)56-51-25-13-11-22-48(51)54-46(23-14-26-53(54)56)40-29-32-52-49(36-40)47-21-10-12-24-50(47)55(52)44-19-8-3-9-20-44/h1-12,14-24,26-36H,13,25H2. The van der Waals surface area contributed by atoms with Crippen LogP contribution in [0.25, 0.3) is 94.7 Å². The van der Waals surface area contributed by atoms with E-state index in [4.69, 9.17) is 0 Å². The molecule has 2 heteroatoms. The van der Waals surface area contributed by atoms with Crippen molar-refractivity contribution in [3.63, 3.8) is 0 Å². The van der Waals surface area contributed by atoms with Gasteiger partial charge in [-0.3, -0.25) is 0 Å². The minimum atomic E-state index is 1.00. The van der Waals surface area contributed by atoms with E-state index in [1.807, 2.05) is 0 Å². The number of hydrogen-bond donors (Lipinski definition) is 0. The summed E-state index contributed by atoms with van der Waals surface area (Å²) in [6.45, 7) is 0. The van der Waals surface area contributed by atoms with Crippen molar-refractivity contribution in [2.45, 2.75) is 12.8 Å². The van der Waals surface area contributed by atoms with Gasteiger partial charge in [-0.2, -0.15) is 0 Å². The summed E-state index contributed by atoms with van der Waals surface area (Å²) in [7, 11) is 0. The SMILES string of the molecule is C1=Cc2c(n(-c3ccc(-c4cc(-c5ccccc5)cc(-c5ccccc5)c4)cc3)c3cccc(-c4ccc5c(c4)c4ccccc4n5-c4ccccc4)c23)CC1. The molecular formula is C54H38N2. The zero-order chi connectivity index (χ0) is 37.0. The Kier molecular flexibility index (Phi) is 7.67. The Balaban J connectivity index is 1.04. The molecule has 0 amide bonds. The lowest BCUT2D eigenvalue weighted by Gasteiger charge is -2.15. The second-order valence-electron chi connectivity index (χ2n) is 14.8. The molecule has 0 aliphatic heterocycles. The average Bonchev–Trinajstić information content (AvgIpc) is 3.80. The summed E-state index contributed by atoms with van der Waals surface area (Å²) < 4.78 is 4.90. The Morgan fingerprint density at radius 2 is 0.911 bits per heavy atom. The number of nitrogens with zero attached hydrogens (tertiary/aromatic N) is 2. The molecule has 0 fully saturated rings. The van der Waals surface area contributed by atoms with E-state index in [2.05, 4.69) is 215 Å². The van der Waals surface area contributed by atoms with Gasteiger partial charge in [0.1, 0.15) is 0 Å². The normalized spacial score (nSPS) is 12.4. The monoisotopic (exact) mass is 714 g/mol. The highest BCUT2D eigenvalue weighted by Crippen LogP contribution is 2.42. The summed E-state index contributed by atoms with van der Waals surface area (Å²) in [5, 5.41) is 3.85. The van der Waals surface area contributed by atoms with E-state index in [9.17, 15) is 0 Å². The molecule has 2 heterocycles. The molecule has 0 bridgehead atoms. The molecule has 10 aromatic rings. The van der Waals surface area contributed by atoms with Gasteiger partial charge in [0.15, 0.2) is 0 Å². The zero-order valence-electron chi connectivity index (χ0n) is 30.9. The van der Waals surface area contributed by atoms with Gasteiger partial charge in [-0.1, -0.05) is 140 Å². The molecule has 0 saturated carbocycles. The lowest BCUT2D eigenvalue weighted by molar-refractivity contribution is 0.888. The number of aromatic nitrogens is 2. The van der Waals surface area contributed by atoms with E-state index < -0.39 is 0 Å². The van der Waals surface area contributed by atoms with Crippen LogP contribution in [0.4, 0.5) is 0 Å². The minimum Gasteiger partial charge on any atom is -0.313 e. The maximum absolute atomic E-state index is 2.51. The number of rotatable bonds is 6. The first kappa shape index (κ1) is 32.3. The zero-order valence-corrected chi connectivity index (χ0v) is 30.9. The second kappa shape index (κ2) is 13.3. The number of hydrogen-bond acceptors (Lipinski definition) is 0. The molecule has 1 aliphatic rings. The van der Waals surface area contributed by atoms with Crippen LogP contribution in [0.3, 0.4) is 0 Å². The molecule has 0 spiro atoms. The first-order valence-corrected chi connectivity index (χ1v) is 19.6. The van der Waals surface area contributed by atoms with Crippen molar-refractivity contribution in [3.05, 3.63) is 211 Å². The molecule has 264 valence electrons. The van der Waals surface area contributed by atoms with Crippen molar-refractivity contribution in [2.24, 2.45) is 0 Å². The maximum Gasteiger partial charge on any atom is 0.0543 e. The van der Waals surface area contributed by atoms with Gasteiger partial charge >= 0.3 is 0 Å².